The average molecular weight is 311 g/mol. The molecule has 0 bridgehead atoms. The van der Waals surface area contributed by atoms with Gasteiger partial charge in [-0.3, -0.25) is 10.1 Å². The fourth-order valence-corrected chi connectivity index (χ4v) is 2.38. The minimum atomic E-state index is -0.417. The van der Waals surface area contributed by atoms with Gasteiger partial charge in [-0.05, 0) is 37.1 Å². The summed E-state index contributed by atoms with van der Waals surface area (Å²) in [5.74, 6) is 0.382. The normalized spacial score (nSPS) is 10.9. The van der Waals surface area contributed by atoms with Crippen molar-refractivity contribution in [3.63, 3.8) is 0 Å². The van der Waals surface area contributed by atoms with E-state index in [9.17, 15) is 10.1 Å². The number of aromatic nitrogens is 1. The maximum atomic E-state index is 11.1. The molecule has 1 heterocycles. The first-order valence-corrected chi connectivity index (χ1v) is 7.48. The minimum absolute atomic E-state index is 0.0143. The zero-order valence-corrected chi connectivity index (χ0v) is 13.0. The highest BCUT2D eigenvalue weighted by atomic mass is 16.6. The van der Waals surface area contributed by atoms with Gasteiger partial charge in [0.2, 0.25) is 5.89 Å². The highest BCUT2D eigenvalue weighted by Crippen LogP contribution is 2.33. The summed E-state index contributed by atoms with van der Waals surface area (Å²) in [5.41, 5.74) is 3.87. The first-order valence-electron chi connectivity index (χ1n) is 7.48. The summed E-state index contributed by atoms with van der Waals surface area (Å²) in [4.78, 5) is 15.1. The van der Waals surface area contributed by atoms with E-state index < -0.39 is 4.92 Å². The lowest BCUT2D eigenvalue weighted by atomic mass is 10.1. The lowest BCUT2D eigenvalue weighted by Crippen LogP contribution is -2.02. The topological polar surface area (TPSA) is 81.2 Å². The number of fused-ring (bicyclic) bond motifs is 1. The van der Waals surface area contributed by atoms with Gasteiger partial charge in [0.1, 0.15) is 5.52 Å². The zero-order chi connectivity index (χ0) is 16.4. The fraction of sp³-hybridized carbons (Fsp3) is 0.235. The predicted molar refractivity (Wildman–Crippen MR) is 89.6 cm³/mol. The molecular formula is C17H17N3O3. The van der Waals surface area contributed by atoms with Crippen LogP contribution >= 0.6 is 0 Å². The lowest BCUT2D eigenvalue weighted by molar-refractivity contribution is -0.384. The SMILES string of the molecule is CCCNc1ccc([N+](=O)[O-])cc1-c1nc2ccc(C)cc2o1. The van der Waals surface area contributed by atoms with Crippen LogP contribution in [-0.2, 0) is 0 Å². The molecule has 0 fully saturated rings. The Morgan fingerprint density at radius 2 is 2.09 bits per heavy atom. The Balaban J connectivity index is 2.13. The molecule has 6 heteroatoms. The summed E-state index contributed by atoms with van der Waals surface area (Å²) in [5, 5.41) is 14.3. The molecule has 0 aliphatic carbocycles. The number of rotatable bonds is 5. The molecule has 1 aromatic heterocycles. The number of nitro groups is 1. The Hall–Kier alpha value is -2.89. The molecule has 2 aromatic carbocycles. The van der Waals surface area contributed by atoms with Crippen LogP contribution in [0.2, 0.25) is 0 Å². The van der Waals surface area contributed by atoms with E-state index in [0.29, 0.717) is 17.0 Å². The Morgan fingerprint density at radius 3 is 2.83 bits per heavy atom. The van der Waals surface area contributed by atoms with Gasteiger partial charge in [0, 0.05) is 24.4 Å². The van der Waals surface area contributed by atoms with Gasteiger partial charge in [0.05, 0.1) is 10.5 Å². The molecule has 0 radical (unpaired) electrons. The second kappa shape index (κ2) is 6.08. The maximum Gasteiger partial charge on any atom is 0.270 e. The highest BCUT2D eigenvalue weighted by molar-refractivity contribution is 5.81. The van der Waals surface area contributed by atoms with Gasteiger partial charge in [0.15, 0.2) is 5.58 Å². The van der Waals surface area contributed by atoms with Gasteiger partial charge >= 0.3 is 0 Å². The molecule has 0 amide bonds. The first kappa shape index (κ1) is 15.0. The van der Waals surface area contributed by atoms with Gasteiger partial charge in [0.25, 0.3) is 5.69 Å². The van der Waals surface area contributed by atoms with Crippen molar-refractivity contribution in [1.29, 1.82) is 0 Å². The predicted octanol–water partition coefficient (Wildman–Crippen LogP) is 4.53. The first-order chi connectivity index (χ1) is 11.1. The van der Waals surface area contributed by atoms with Crippen molar-refractivity contribution in [2.75, 3.05) is 11.9 Å². The summed E-state index contributed by atoms with van der Waals surface area (Å²) >= 11 is 0. The number of nitro benzene ring substituents is 1. The van der Waals surface area contributed by atoms with Crippen LogP contribution in [0.15, 0.2) is 40.8 Å². The monoisotopic (exact) mass is 311 g/mol. The molecule has 0 saturated carbocycles. The smallest absolute Gasteiger partial charge is 0.270 e. The maximum absolute atomic E-state index is 11.1. The Bertz CT molecular complexity index is 871. The van der Waals surface area contributed by atoms with Crippen molar-refractivity contribution in [3.05, 3.63) is 52.1 Å². The number of hydrogen-bond acceptors (Lipinski definition) is 5. The van der Waals surface area contributed by atoms with Crippen LogP contribution < -0.4 is 5.32 Å². The molecule has 0 saturated heterocycles. The van der Waals surface area contributed by atoms with Crippen molar-refractivity contribution >= 4 is 22.5 Å². The molecule has 0 atom stereocenters. The van der Waals surface area contributed by atoms with Crippen molar-refractivity contribution in [2.45, 2.75) is 20.3 Å². The molecule has 3 rings (SSSR count). The van der Waals surface area contributed by atoms with E-state index >= 15 is 0 Å². The van der Waals surface area contributed by atoms with Crippen molar-refractivity contribution < 1.29 is 9.34 Å². The van der Waals surface area contributed by atoms with Crippen LogP contribution in [0, 0.1) is 17.0 Å². The largest absolute Gasteiger partial charge is 0.436 e. The van der Waals surface area contributed by atoms with Crippen LogP contribution in [-0.4, -0.2) is 16.5 Å². The summed E-state index contributed by atoms with van der Waals surface area (Å²) in [6, 6.07) is 10.4. The number of nitrogens with one attached hydrogen (secondary N) is 1. The number of hydrogen-bond donors (Lipinski definition) is 1. The quantitative estimate of drug-likeness (QED) is 0.553. The lowest BCUT2D eigenvalue weighted by Gasteiger charge is -2.08. The standard InChI is InChI=1S/C17H17N3O3/c1-3-8-18-14-7-5-12(20(21)22)10-13(14)17-19-15-6-4-11(2)9-16(15)23-17/h4-7,9-10,18H,3,8H2,1-2H3. The molecule has 0 unspecified atom stereocenters. The summed E-state index contributed by atoms with van der Waals surface area (Å²) < 4.78 is 5.82. The van der Waals surface area contributed by atoms with E-state index in [2.05, 4.69) is 17.2 Å². The summed E-state index contributed by atoms with van der Waals surface area (Å²) in [6.45, 7) is 4.80. The number of oxazole rings is 1. The summed E-state index contributed by atoms with van der Waals surface area (Å²) in [7, 11) is 0. The van der Waals surface area contributed by atoms with Crippen LogP contribution in [0.3, 0.4) is 0 Å². The highest BCUT2D eigenvalue weighted by Gasteiger charge is 2.17. The molecular weight excluding hydrogens is 294 g/mol. The summed E-state index contributed by atoms with van der Waals surface area (Å²) in [6.07, 6.45) is 0.948. The van der Waals surface area contributed by atoms with Crippen molar-refractivity contribution in [1.82, 2.24) is 4.98 Å². The van der Waals surface area contributed by atoms with Gasteiger partial charge in [-0.2, -0.15) is 0 Å². The number of aryl methyl sites for hydroxylation is 1. The van der Waals surface area contributed by atoms with Gasteiger partial charge in [-0.1, -0.05) is 13.0 Å². The molecule has 6 nitrogen and oxygen atoms in total. The van der Waals surface area contributed by atoms with Crippen LogP contribution in [0.25, 0.3) is 22.6 Å². The Morgan fingerprint density at radius 1 is 1.26 bits per heavy atom. The fourth-order valence-electron chi connectivity index (χ4n) is 2.38. The average Bonchev–Trinajstić information content (AvgIpc) is 2.95. The van der Waals surface area contributed by atoms with Gasteiger partial charge in [-0.15, -0.1) is 0 Å². The van der Waals surface area contributed by atoms with E-state index in [1.165, 1.54) is 12.1 Å². The Labute approximate surface area is 133 Å². The third-order valence-corrected chi connectivity index (χ3v) is 3.55. The third kappa shape index (κ3) is 3.01. The molecule has 0 spiro atoms. The third-order valence-electron chi connectivity index (χ3n) is 3.55. The molecule has 0 aliphatic heterocycles. The van der Waals surface area contributed by atoms with Crippen molar-refractivity contribution in [3.8, 4) is 11.5 Å². The van der Waals surface area contributed by atoms with E-state index in [-0.39, 0.29) is 5.69 Å². The van der Waals surface area contributed by atoms with Crippen LogP contribution in [0.4, 0.5) is 11.4 Å². The van der Waals surface area contributed by atoms with Gasteiger partial charge in [-0.25, -0.2) is 4.98 Å². The van der Waals surface area contributed by atoms with E-state index in [1.807, 2.05) is 25.1 Å². The minimum Gasteiger partial charge on any atom is -0.436 e. The molecule has 3 aromatic rings. The molecule has 1 N–H and O–H groups in total. The number of benzene rings is 2. The van der Waals surface area contributed by atoms with E-state index in [4.69, 9.17) is 4.42 Å². The van der Waals surface area contributed by atoms with E-state index in [1.54, 1.807) is 6.07 Å². The number of non-ortho nitro benzene ring substituents is 1. The van der Waals surface area contributed by atoms with Gasteiger partial charge < -0.3 is 9.73 Å². The van der Waals surface area contributed by atoms with Crippen LogP contribution in [0.1, 0.15) is 18.9 Å². The van der Waals surface area contributed by atoms with Crippen LogP contribution in [0.5, 0.6) is 0 Å². The molecule has 0 aliphatic rings. The number of anilines is 1. The van der Waals surface area contributed by atoms with E-state index in [0.717, 1.165) is 29.7 Å². The number of nitrogens with zero attached hydrogens (tertiary/aromatic N) is 2. The zero-order valence-electron chi connectivity index (χ0n) is 13.0. The second-order valence-electron chi connectivity index (χ2n) is 5.40. The molecule has 118 valence electrons. The molecule has 23 heavy (non-hydrogen) atoms. The Kier molecular flexibility index (Phi) is 3.97. The second-order valence-corrected chi connectivity index (χ2v) is 5.40. The van der Waals surface area contributed by atoms with Crippen molar-refractivity contribution in [2.24, 2.45) is 0 Å².